The third-order valence-corrected chi connectivity index (χ3v) is 2.81. The van der Waals surface area contributed by atoms with Crippen molar-refractivity contribution in [2.75, 3.05) is 39.5 Å². The summed E-state index contributed by atoms with van der Waals surface area (Å²) in [6, 6.07) is 6.89. The molecule has 0 aromatic heterocycles. The molecule has 1 rings (SSSR count). The largest absolute Gasteiger partial charge is 0.491 e. The molecule has 0 saturated carbocycles. The Morgan fingerprint density at radius 2 is 1.68 bits per heavy atom. The summed E-state index contributed by atoms with van der Waals surface area (Å²) in [6.07, 6.45) is -0.686. The van der Waals surface area contributed by atoms with E-state index in [9.17, 15) is 5.11 Å². The SMILES string of the molecule is OCCN(CCO)C[C@@H](O)COc1ccc(Cl)cc1. The van der Waals surface area contributed by atoms with Gasteiger partial charge < -0.3 is 20.1 Å². The number of aliphatic hydroxyl groups is 3. The third-order valence-electron chi connectivity index (χ3n) is 2.56. The van der Waals surface area contributed by atoms with Crippen molar-refractivity contribution in [3.05, 3.63) is 29.3 Å². The van der Waals surface area contributed by atoms with Gasteiger partial charge in [0.05, 0.1) is 13.2 Å². The maximum absolute atomic E-state index is 9.83. The first kappa shape index (κ1) is 16.2. The number of aliphatic hydroxyl groups excluding tert-OH is 3. The van der Waals surface area contributed by atoms with Crippen LogP contribution in [-0.2, 0) is 0 Å². The molecule has 0 spiro atoms. The fourth-order valence-corrected chi connectivity index (χ4v) is 1.78. The molecule has 0 aliphatic heterocycles. The number of benzene rings is 1. The molecule has 0 aliphatic rings. The molecule has 0 aliphatic carbocycles. The number of ether oxygens (including phenoxy) is 1. The van der Waals surface area contributed by atoms with Crippen molar-refractivity contribution in [3.63, 3.8) is 0 Å². The summed E-state index contributed by atoms with van der Waals surface area (Å²) in [4.78, 5) is 1.77. The molecule has 1 aromatic rings. The van der Waals surface area contributed by atoms with Crippen molar-refractivity contribution in [1.82, 2.24) is 4.90 Å². The number of hydrogen-bond donors (Lipinski definition) is 3. The zero-order valence-electron chi connectivity index (χ0n) is 10.7. The summed E-state index contributed by atoms with van der Waals surface area (Å²) >= 11 is 5.75. The van der Waals surface area contributed by atoms with E-state index in [0.29, 0.717) is 30.4 Å². The molecule has 1 atom stereocenters. The quantitative estimate of drug-likeness (QED) is 0.612. The molecule has 0 radical (unpaired) electrons. The minimum Gasteiger partial charge on any atom is -0.491 e. The maximum atomic E-state index is 9.83. The Kier molecular flexibility index (Phi) is 7.78. The molecule has 19 heavy (non-hydrogen) atoms. The summed E-state index contributed by atoms with van der Waals surface area (Å²) in [7, 11) is 0. The highest BCUT2D eigenvalue weighted by Crippen LogP contribution is 2.15. The fraction of sp³-hybridized carbons (Fsp3) is 0.538. The number of rotatable bonds is 9. The summed E-state index contributed by atoms with van der Waals surface area (Å²) in [5.41, 5.74) is 0. The molecule has 108 valence electrons. The Labute approximate surface area is 118 Å². The van der Waals surface area contributed by atoms with Gasteiger partial charge in [0.2, 0.25) is 0 Å². The van der Waals surface area contributed by atoms with Gasteiger partial charge in [-0.25, -0.2) is 0 Å². The smallest absolute Gasteiger partial charge is 0.119 e. The van der Waals surface area contributed by atoms with Crippen LogP contribution in [0.3, 0.4) is 0 Å². The van der Waals surface area contributed by atoms with Crippen molar-refractivity contribution in [1.29, 1.82) is 0 Å². The van der Waals surface area contributed by atoms with Gasteiger partial charge in [0.1, 0.15) is 18.5 Å². The van der Waals surface area contributed by atoms with E-state index in [0.717, 1.165) is 0 Å². The Morgan fingerprint density at radius 1 is 1.11 bits per heavy atom. The average Bonchev–Trinajstić information content (AvgIpc) is 2.39. The summed E-state index contributed by atoms with van der Waals surface area (Å²) < 4.78 is 5.42. The molecule has 1 aromatic carbocycles. The van der Waals surface area contributed by atoms with Gasteiger partial charge in [0.25, 0.3) is 0 Å². The van der Waals surface area contributed by atoms with Gasteiger partial charge in [-0.1, -0.05) is 11.6 Å². The van der Waals surface area contributed by atoms with Gasteiger partial charge >= 0.3 is 0 Å². The fourth-order valence-electron chi connectivity index (χ4n) is 1.65. The van der Waals surface area contributed by atoms with Crippen molar-refractivity contribution in [2.24, 2.45) is 0 Å². The second kappa shape index (κ2) is 9.12. The van der Waals surface area contributed by atoms with Crippen LogP contribution in [0.2, 0.25) is 5.02 Å². The maximum Gasteiger partial charge on any atom is 0.119 e. The van der Waals surface area contributed by atoms with Crippen LogP contribution >= 0.6 is 11.6 Å². The van der Waals surface area contributed by atoms with E-state index in [1.165, 1.54) is 0 Å². The summed E-state index contributed by atoms with van der Waals surface area (Å²) in [5.74, 6) is 0.638. The van der Waals surface area contributed by atoms with Crippen molar-refractivity contribution < 1.29 is 20.1 Å². The number of halogens is 1. The van der Waals surface area contributed by atoms with E-state index in [2.05, 4.69) is 0 Å². The van der Waals surface area contributed by atoms with E-state index in [1.54, 1.807) is 29.2 Å². The lowest BCUT2D eigenvalue weighted by atomic mass is 10.3. The molecular formula is C13H20ClNO4. The minimum atomic E-state index is -0.686. The monoisotopic (exact) mass is 289 g/mol. The molecule has 5 nitrogen and oxygen atoms in total. The van der Waals surface area contributed by atoms with Crippen molar-refractivity contribution >= 4 is 11.6 Å². The molecule has 0 unspecified atom stereocenters. The van der Waals surface area contributed by atoms with Gasteiger partial charge in [-0.05, 0) is 24.3 Å². The van der Waals surface area contributed by atoms with Crippen LogP contribution in [-0.4, -0.2) is 65.8 Å². The normalized spacial score (nSPS) is 12.7. The van der Waals surface area contributed by atoms with Crippen LogP contribution in [0.4, 0.5) is 0 Å². The lowest BCUT2D eigenvalue weighted by Gasteiger charge is -2.23. The Hall–Kier alpha value is -0.850. The highest BCUT2D eigenvalue weighted by atomic mass is 35.5. The number of nitrogens with zero attached hydrogens (tertiary/aromatic N) is 1. The van der Waals surface area contributed by atoms with Gasteiger partial charge in [-0.3, -0.25) is 4.90 Å². The molecule has 0 saturated heterocycles. The van der Waals surface area contributed by atoms with Crippen molar-refractivity contribution in [3.8, 4) is 5.75 Å². The van der Waals surface area contributed by atoms with Gasteiger partial charge in [-0.15, -0.1) is 0 Å². The van der Waals surface area contributed by atoms with Crippen LogP contribution in [0.15, 0.2) is 24.3 Å². The first-order chi connectivity index (χ1) is 9.15. The van der Waals surface area contributed by atoms with E-state index in [-0.39, 0.29) is 19.8 Å². The van der Waals surface area contributed by atoms with Crippen LogP contribution in [0.1, 0.15) is 0 Å². The Balaban J connectivity index is 2.33. The zero-order chi connectivity index (χ0) is 14.1. The highest BCUT2D eigenvalue weighted by molar-refractivity contribution is 6.30. The highest BCUT2D eigenvalue weighted by Gasteiger charge is 2.11. The summed E-state index contributed by atoms with van der Waals surface area (Å²) in [5, 5.41) is 28.2. The second-order valence-electron chi connectivity index (χ2n) is 4.17. The van der Waals surface area contributed by atoms with E-state index in [1.807, 2.05) is 0 Å². The molecular weight excluding hydrogens is 270 g/mol. The average molecular weight is 290 g/mol. The predicted molar refractivity (Wildman–Crippen MR) is 73.6 cm³/mol. The number of hydrogen-bond acceptors (Lipinski definition) is 5. The minimum absolute atomic E-state index is 0.00917. The van der Waals surface area contributed by atoms with Crippen LogP contribution in [0.25, 0.3) is 0 Å². The topological polar surface area (TPSA) is 73.2 Å². The predicted octanol–water partition coefficient (Wildman–Crippen LogP) is 0.366. The molecule has 3 N–H and O–H groups in total. The van der Waals surface area contributed by atoms with Crippen molar-refractivity contribution in [2.45, 2.75) is 6.10 Å². The first-order valence-electron chi connectivity index (χ1n) is 6.16. The molecule has 0 fully saturated rings. The third kappa shape index (κ3) is 6.75. The molecule has 0 heterocycles. The standard InChI is InChI=1S/C13H20ClNO4/c14-11-1-3-13(4-2-11)19-10-12(18)9-15(5-7-16)6-8-17/h1-4,12,16-18H,5-10H2/t12-/m1/s1. The van der Waals surface area contributed by atoms with Crippen LogP contribution < -0.4 is 4.74 Å². The molecule has 6 heteroatoms. The second-order valence-corrected chi connectivity index (χ2v) is 4.60. The lowest BCUT2D eigenvalue weighted by Crippen LogP contribution is -2.38. The first-order valence-corrected chi connectivity index (χ1v) is 6.54. The van der Waals surface area contributed by atoms with Crippen LogP contribution in [0, 0.1) is 0 Å². The van der Waals surface area contributed by atoms with E-state index in [4.69, 9.17) is 26.6 Å². The van der Waals surface area contributed by atoms with E-state index >= 15 is 0 Å². The van der Waals surface area contributed by atoms with Gasteiger partial charge in [-0.2, -0.15) is 0 Å². The molecule has 0 amide bonds. The zero-order valence-corrected chi connectivity index (χ0v) is 11.5. The Bertz CT molecular complexity index is 341. The lowest BCUT2D eigenvalue weighted by molar-refractivity contribution is 0.0552. The van der Waals surface area contributed by atoms with Gasteiger partial charge in [0.15, 0.2) is 0 Å². The van der Waals surface area contributed by atoms with Crippen LogP contribution in [0.5, 0.6) is 5.75 Å². The Morgan fingerprint density at radius 3 is 2.21 bits per heavy atom. The summed E-state index contributed by atoms with van der Waals surface area (Å²) in [6.45, 7) is 1.30. The van der Waals surface area contributed by atoms with E-state index < -0.39 is 6.10 Å². The molecule has 0 bridgehead atoms. The van der Waals surface area contributed by atoms with Gasteiger partial charge in [0, 0.05) is 24.7 Å².